The molecule has 0 aliphatic heterocycles. The second-order valence-electron chi connectivity index (χ2n) is 4.70. The van der Waals surface area contributed by atoms with Crippen molar-refractivity contribution in [1.82, 2.24) is 5.32 Å². The molecule has 7 heteroatoms. The first-order valence-electron chi connectivity index (χ1n) is 5.36. The van der Waals surface area contributed by atoms with Crippen LogP contribution >= 0.6 is 15.9 Å². The minimum absolute atomic E-state index is 0.0869. The molecule has 2 rings (SSSR count). The van der Waals surface area contributed by atoms with Crippen LogP contribution in [0.1, 0.15) is 30.1 Å². The summed E-state index contributed by atoms with van der Waals surface area (Å²) in [7, 11) is -3.84. The van der Waals surface area contributed by atoms with Gasteiger partial charge in [0, 0.05) is 15.6 Å². The molecule has 0 bridgehead atoms. The molecule has 18 heavy (non-hydrogen) atoms. The topological polar surface area (TPSA) is 89.3 Å². The van der Waals surface area contributed by atoms with Gasteiger partial charge in [-0.05, 0) is 53.9 Å². The lowest BCUT2D eigenvalue weighted by Crippen LogP contribution is -2.34. The van der Waals surface area contributed by atoms with E-state index in [1.165, 1.54) is 12.1 Å². The Bertz CT molecular complexity index is 609. The Labute approximate surface area is 114 Å². The minimum atomic E-state index is -3.84. The second-order valence-corrected chi connectivity index (χ2v) is 7.09. The van der Waals surface area contributed by atoms with Gasteiger partial charge in [-0.15, -0.1) is 0 Å². The van der Waals surface area contributed by atoms with E-state index in [0.29, 0.717) is 4.47 Å². The van der Waals surface area contributed by atoms with E-state index in [2.05, 4.69) is 21.2 Å². The number of carbonyl (C=O) groups is 1. The molecule has 1 saturated carbocycles. The molecule has 0 aromatic heterocycles. The van der Waals surface area contributed by atoms with E-state index in [4.69, 9.17) is 5.14 Å². The van der Waals surface area contributed by atoms with Crippen LogP contribution in [-0.2, 0) is 10.0 Å². The van der Waals surface area contributed by atoms with Crippen molar-refractivity contribution >= 4 is 31.9 Å². The van der Waals surface area contributed by atoms with E-state index in [1.807, 2.05) is 6.92 Å². The first kappa shape index (κ1) is 13.5. The predicted octanol–water partition coefficient (Wildman–Crippen LogP) is 1.38. The van der Waals surface area contributed by atoms with Crippen molar-refractivity contribution in [2.75, 3.05) is 0 Å². The summed E-state index contributed by atoms with van der Waals surface area (Å²) < 4.78 is 23.0. The van der Waals surface area contributed by atoms with Crippen molar-refractivity contribution in [3.8, 4) is 0 Å². The quantitative estimate of drug-likeness (QED) is 0.876. The lowest BCUT2D eigenvalue weighted by molar-refractivity contribution is 0.0935. The molecule has 5 nitrogen and oxygen atoms in total. The monoisotopic (exact) mass is 332 g/mol. The van der Waals surface area contributed by atoms with Gasteiger partial charge in [-0.25, -0.2) is 13.6 Å². The Morgan fingerprint density at radius 2 is 2.06 bits per heavy atom. The number of rotatable bonds is 3. The largest absolute Gasteiger partial charge is 0.347 e. The zero-order valence-corrected chi connectivity index (χ0v) is 12.1. The predicted molar refractivity (Wildman–Crippen MR) is 70.6 cm³/mol. The number of halogens is 1. The van der Waals surface area contributed by atoms with E-state index in [0.717, 1.165) is 12.8 Å². The first-order chi connectivity index (χ1) is 8.21. The average molecular weight is 333 g/mol. The first-order valence-corrected chi connectivity index (χ1v) is 7.70. The molecule has 3 N–H and O–H groups in total. The van der Waals surface area contributed by atoms with Gasteiger partial charge in [0.15, 0.2) is 0 Å². The van der Waals surface area contributed by atoms with E-state index in [9.17, 15) is 13.2 Å². The fraction of sp³-hybridized carbons (Fsp3) is 0.364. The maximum absolute atomic E-state index is 11.9. The summed E-state index contributed by atoms with van der Waals surface area (Å²) in [6.45, 7) is 1.95. The van der Waals surface area contributed by atoms with Crippen LogP contribution in [0.15, 0.2) is 27.6 Å². The fourth-order valence-corrected chi connectivity index (χ4v) is 3.08. The van der Waals surface area contributed by atoms with Gasteiger partial charge in [0.25, 0.3) is 5.91 Å². The van der Waals surface area contributed by atoms with Crippen molar-refractivity contribution in [3.63, 3.8) is 0 Å². The third-order valence-corrected chi connectivity index (χ3v) is 4.82. The van der Waals surface area contributed by atoms with Crippen LogP contribution < -0.4 is 10.5 Å². The fourth-order valence-electron chi connectivity index (χ4n) is 1.52. The Morgan fingerprint density at radius 1 is 1.44 bits per heavy atom. The molecule has 0 spiro atoms. The molecule has 1 aliphatic carbocycles. The van der Waals surface area contributed by atoms with Crippen LogP contribution in [0.2, 0.25) is 0 Å². The normalized spacial score (nSPS) is 17.3. The minimum Gasteiger partial charge on any atom is -0.347 e. The van der Waals surface area contributed by atoms with Crippen molar-refractivity contribution < 1.29 is 13.2 Å². The van der Waals surface area contributed by atoms with Crippen LogP contribution in [0.4, 0.5) is 0 Å². The lowest BCUT2D eigenvalue weighted by Gasteiger charge is -2.12. The number of benzene rings is 1. The third kappa shape index (κ3) is 2.90. The molecule has 1 aromatic rings. The number of carbonyl (C=O) groups excluding carboxylic acids is 1. The summed E-state index contributed by atoms with van der Waals surface area (Å²) in [6, 6.07) is 4.34. The summed E-state index contributed by atoms with van der Waals surface area (Å²) in [5.41, 5.74) is 0.140. The van der Waals surface area contributed by atoms with Crippen LogP contribution in [0.25, 0.3) is 0 Å². The number of amides is 1. The van der Waals surface area contributed by atoms with Gasteiger partial charge in [0.05, 0.1) is 4.90 Å². The highest BCUT2D eigenvalue weighted by molar-refractivity contribution is 9.10. The maximum Gasteiger partial charge on any atom is 0.251 e. The molecule has 1 fully saturated rings. The summed E-state index contributed by atoms with van der Waals surface area (Å²) in [5.74, 6) is -0.285. The van der Waals surface area contributed by atoms with Crippen molar-refractivity contribution in [2.45, 2.75) is 30.2 Å². The van der Waals surface area contributed by atoms with E-state index < -0.39 is 10.0 Å². The van der Waals surface area contributed by atoms with Gasteiger partial charge in [0.1, 0.15) is 0 Å². The molecular weight excluding hydrogens is 320 g/mol. The molecule has 0 radical (unpaired) electrons. The Kier molecular flexibility index (Phi) is 3.25. The van der Waals surface area contributed by atoms with Gasteiger partial charge in [-0.2, -0.15) is 0 Å². The van der Waals surface area contributed by atoms with Crippen molar-refractivity contribution in [3.05, 3.63) is 28.2 Å². The highest BCUT2D eigenvalue weighted by Crippen LogP contribution is 2.34. The number of hydrogen-bond donors (Lipinski definition) is 2. The van der Waals surface area contributed by atoms with Gasteiger partial charge >= 0.3 is 0 Å². The highest BCUT2D eigenvalue weighted by Gasteiger charge is 2.38. The molecule has 98 valence electrons. The molecule has 0 saturated heterocycles. The molecule has 1 aliphatic rings. The molecule has 1 aromatic carbocycles. The highest BCUT2D eigenvalue weighted by atomic mass is 79.9. The van der Waals surface area contributed by atoms with Gasteiger partial charge in [0.2, 0.25) is 10.0 Å². The maximum atomic E-state index is 11.9. The lowest BCUT2D eigenvalue weighted by atomic mass is 10.2. The summed E-state index contributed by atoms with van der Waals surface area (Å²) in [4.78, 5) is 11.8. The summed E-state index contributed by atoms with van der Waals surface area (Å²) in [6.07, 6.45) is 1.88. The molecular formula is C11H13BrN2O3S. The number of nitrogens with one attached hydrogen (secondary N) is 1. The van der Waals surface area contributed by atoms with Gasteiger partial charge in [-0.1, -0.05) is 0 Å². The smallest absolute Gasteiger partial charge is 0.251 e. The second kappa shape index (κ2) is 4.32. The van der Waals surface area contributed by atoms with Crippen LogP contribution in [0.3, 0.4) is 0 Å². The number of sulfonamides is 1. The van der Waals surface area contributed by atoms with Crippen molar-refractivity contribution in [1.29, 1.82) is 0 Å². The van der Waals surface area contributed by atoms with Crippen LogP contribution in [-0.4, -0.2) is 19.9 Å². The van der Waals surface area contributed by atoms with Gasteiger partial charge < -0.3 is 5.32 Å². The number of hydrogen-bond acceptors (Lipinski definition) is 3. The standard InChI is InChI=1S/C11H13BrN2O3S/c1-11(4-5-11)14-10(15)7-2-3-8(12)9(6-7)18(13,16)17/h2-3,6H,4-5H2,1H3,(H,14,15)(H2,13,16,17). The molecule has 0 unspecified atom stereocenters. The van der Waals surface area contributed by atoms with Crippen molar-refractivity contribution in [2.24, 2.45) is 5.14 Å². The van der Waals surface area contributed by atoms with Crippen LogP contribution in [0, 0.1) is 0 Å². The summed E-state index contributed by atoms with van der Waals surface area (Å²) >= 11 is 3.10. The zero-order chi connectivity index (χ0) is 13.6. The van der Waals surface area contributed by atoms with Gasteiger partial charge in [-0.3, -0.25) is 4.79 Å². The van der Waals surface area contributed by atoms with E-state index in [1.54, 1.807) is 6.07 Å². The third-order valence-electron chi connectivity index (χ3n) is 2.92. The summed E-state index contributed by atoms with van der Waals surface area (Å²) in [5, 5.41) is 7.93. The molecule has 1 amide bonds. The SMILES string of the molecule is CC1(NC(=O)c2ccc(Br)c(S(N)(=O)=O)c2)CC1. The zero-order valence-electron chi connectivity index (χ0n) is 9.73. The number of nitrogens with two attached hydrogens (primary N) is 1. The molecule has 0 heterocycles. The average Bonchev–Trinajstić information content (AvgIpc) is 2.94. The molecule has 0 atom stereocenters. The Balaban J connectivity index is 2.32. The van der Waals surface area contributed by atoms with E-state index >= 15 is 0 Å². The number of primary sulfonamides is 1. The Morgan fingerprint density at radius 3 is 2.56 bits per heavy atom. The van der Waals surface area contributed by atoms with E-state index in [-0.39, 0.29) is 21.9 Å². The van der Waals surface area contributed by atoms with Crippen LogP contribution in [0.5, 0.6) is 0 Å². The Hall–Kier alpha value is -0.920.